The zero-order chi connectivity index (χ0) is 15.4. The number of hydrogen-bond acceptors (Lipinski definition) is 4. The van der Waals surface area contributed by atoms with Gasteiger partial charge in [-0.05, 0) is 44.8 Å². The highest BCUT2D eigenvalue weighted by atomic mass is 16.5. The van der Waals surface area contributed by atoms with E-state index >= 15 is 0 Å². The average Bonchev–Trinajstić information content (AvgIpc) is 2.84. The summed E-state index contributed by atoms with van der Waals surface area (Å²) in [5.41, 5.74) is 3.39. The summed E-state index contributed by atoms with van der Waals surface area (Å²) in [5.74, 6) is 0.853. The summed E-state index contributed by atoms with van der Waals surface area (Å²) >= 11 is 0. The van der Waals surface area contributed by atoms with Crippen molar-refractivity contribution in [3.05, 3.63) is 41.7 Å². The van der Waals surface area contributed by atoms with Crippen LogP contribution >= 0.6 is 0 Å². The molecule has 0 saturated heterocycles. The molecule has 114 valence electrons. The number of anilines is 1. The van der Waals surface area contributed by atoms with Gasteiger partial charge in [0.2, 0.25) is 0 Å². The van der Waals surface area contributed by atoms with Crippen LogP contribution in [0.2, 0.25) is 0 Å². The van der Waals surface area contributed by atoms with Crippen LogP contribution in [0.5, 0.6) is 5.75 Å². The number of rotatable bonds is 6. The molecular formula is C16H24N4O. The fourth-order valence-corrected chi connectivity index (χ4v) is 2.45. The van der Waals surface area contributed by atoms with Gasteiger partial charge < -0.3 is 15.0 Å². The van der Waals surface area contributed by atoms with Crippen molar-refractivity contribution >= 4 is 5.69 Å². The van der Waals surface area contributed by atoms with Crippen molar-refractivity contribution < 1.29 is 4.74 Å². The zero-order valence-corrected chi connectivity index (χ0v) is 13.4. The maximum atomic E-state index is 5.46. The summed E-state index contributed by atoms with van der Waals surface area (Å²) in [7, 11) is 7.78. The largest absolute Gasteiger partial charge is 0.495 e. The van der Waals surface area contributed by atoms with Gasteiger partial charge >= 0.3 is 0 Å². The zero-order valence-electron chi connectivity index (χ0n) is 13.4. The van der Waals surface area contributed by atoms with E-state index in [-0.39, 0.29) is 6.04 Å². The van der Waals surface area contributed by atoms with Gasteiger partial charge in [-0.2, -0.15) is 5.10 Å². The first-order valence-corrected chi connectivity index (χ1v) is 7.07. The van der Waals surface area contributed by atoms with Gasteiger partial charge in [-0.15, -0.1) is 0 Å². The highest BCUT2D eigenvalue weighted by molar-refractivity contribution is 5.59. The Balaban J connectivity index is 2.22. The fraction of sp³-hybridized carbons (Fsp3) is 0.438. The average molecular weight is 288 g/mol. The molecule has 1 aromatic carbocycles. The van der Waals surface area contributed by atoms with E-state index in [2.05, 4.69) is 48.5 Å². The third-order valence-corrected chi connectivity index (χ3v) is 3.44. The Labute approximate surface area is 126 Å². The normalized spacial score (nSPS) is 12.5. The molecule has 0 bridgehead atoms. The van der Waals surface area contributed by atoms with Crippen LogP contribution in [-0.4, -0.2) is 35.9 Å². The van der Waals surface area contributed by atoms with Crippen LogP contribution in [0.1, 0.15) is 24.2 Å². The molecule has 1 aromatic heterocycles. The van der Waals surface area contributed by atoms with E-state index in [9.17, 15) is 0 Å². The van der Waals surface area contributed by atoms with Gasteiger partial charge in [0.05, 0.1) is 24.5 Å². The highest BCUT2D eigenvalue weighted by Gasteiger charge is 2.12. The van der Waals surface area contributed by atoms with Gasteiger partial charge in [0.15, 0.2) is 0 Å². The second-order valence-electron chi connectivity index (χ2n) is 5.52. The summed E-state index contributed by atoms with van der Waals surface area (Å²) in [4.78, 5) is 2.15. The van der Waals surface area contributed by atoms with Crippen LogP contribution in [0.4, 0.5) is 5.69 Å². The van der Waals surface area contributed by atoms with Crippen molar-refractivity contribution in [2.75, 3.05) is 26.5 Å². The lowest BCUT2D eigenvalue weighted by Crippen LogP contribution is -2.13. The number of hydrogen-bond donors (Lipinski definition) is 1. The molecule has 1 unspecified atom stereocenters. The maximum absolute atomic E-state index is 5.46. The van der Waals surface area contributed by atoms with E-state index in [0.29, 0.717) is 0 Å². The van der Waals surface area contributed by atoms with Gasteiger partial charge in [-0.1, -0.05) is 6.07 Å². The van der Waals surface area contributed by atoms with E-state index in [1.165, 1.54) is 5.56 Å². The topological polar surface area (TPSA) is 42.3 Å². The Morgan fingerprint density at radius 1 is 1.33 bits per heavy atom. The molecule has 1 N–H and O–H groups in total. The molecule has 0 amide bonds. The van der Waals surface area contributed by atoms with Gasteiger partial charge in [0, 0.05) is 19.8 Å². The first-order valence-electron chi connectivity index (χ1n) is 7.07. The van der Waals surface area contributed by atoms with Crippen LogP contribution in [0.25, 0.3) is 0 Å². The van der Waals surface area contributed by atoms with Crippen molar-refractivity contribution in [3.63, 3.8) is 0 Å². The van der Waals surface area contributed by atoms with E-state index in [4.69, 9.17) is 4.74 Å². The third kappa shape index (κ3) is 3.76. The van der Waals surface area contributed by atoms with Crippen molar-refractivity contribution in [1.82, 2.24) is 14.7 Å². The molecule has 21 heavy (non-hydrogen) atoms. The number of aryl methyl sites for hydroxylation is 1. The predicted molar refractivity (Wildman–Crippen MR) is 85.6 cm³/mol. The molecule has 5 heteroatoms. The van der Waals surface area contributed by atoms with Crippen LogP contribution in [0.3, 0.4) is 0 Å². The van der Waals surface area contributed by atoms with Gasteiger partial charge in [0.25, 0.3) is 0 Å². The Kier molecular flexibility index (Phi) is 4.85. The molecule has 0 saturated carbocycles. The minimum Gasteiger partial charge on any atom is -0.495 e. The summed E-state index contributed by atoms with van der Waals surface area (Å²) in [6.07, 6.45) is 1.81. The number of benzene rings is 1. The van der Waals surface area contributed by atoms with E-state index < -0.39 is 0 Å². The molecule has 1 atom stereocenters. The van der Waals surface area contributed by atoms with E-state index in [1.807, 2.05) is 30.1 Å². The smallest absolute Gasteiger partial charge is 0.141 e. The molecule has 1 heterocycles. The first kappa shape index (κ1) is 15.4. The highest BCUT2D eigenvalue weighted by Crippen LogP contribution is 2.29. The molecular weight excluding hydrogens is 264 g/mol. The van der Waals surface area contributed by atoms with Crippen LogP contribution in [-0.2, 0) is 13.6 Å². The van der Waals surface area contributed by atoms with E-state index in [0.717, 1.165) is 23.7 Å². The summed E-state index contributed by atoms with van der Waals surface area (Å²) in [5, 5.41) is 7.73. The first-order chi connectivity index (χ1) is 10.0. The number of nitrogens with one attached hydrogen (secondary N) is 1. The molecule has 0 fully saturated rings. The van der Waals surface area contributed by atoms with Gasteiger partial charge in [-0.25, -0.2) is 0 Å². The quantitative estimate of drug-likeness (QED) is 0.887. The fourth-order valence-electron chi connectivity index (χ4n) is 2.45. The van der Waals surface area contributed by atoms with Crippen LogP contribution in [0.15, 0.2) is 30.5 Å². The summed E-state index contributed by atoms with van der Waals surface area (Å²) < 4.78 is 7.34. The Hall–Kier alpha value is -2.01. The molecule has 0 aliphatic carbocycles. The number of nitrogens with zero attached hydrogens (tertiary/aromatic N) is 3. The lowest BCUT2D eigenvalue weighted by molar-refractivity contribution is 0.400. The Bertz CT molecular complexity index is 592. The molecule has 0 aliphatic heterocycles. The van der Waals surface area contributed by atoms with Crippen molar-refractivity contribution in [2.24, 2.45) is 7.05 Å². The van der Waals surface area contributed by atoms with Crippen molar-refractivity contribution in [1.29, 1.82) is 0 Å². The van der Waals surface area contributed by atoms with Gasteiger partial charge in [0.1, 0.15) is 5.75 Å². The molecule has 5 nitrogen and oxygen atoms in total. The summed E-state index contributed by atoms with van der Waals surface area (Å²) in [6.45, 7) is 3.02. The summed E-state index contributed by atoms with van der Waals surface area (Å²) in [6, 6.07) is 8.43. The standard InChI is InChI=1S/C16H24N4O/c1-12(15-8-9-17-20(15)4)18-14-10-13(11-19(2)3)6-7-16(14)21-5/h6-10,12,18H,11H2,1-5H3. The van der Waals surface area contributed by atoms with Crippen molar-refractivity contribution in [3.8, 4) is 5.75 Å². The second kappa shape index (κ2) is 6.63. The minimum absolute atomic E-state index is 0.154. The van der Waals surface area contributed by atoms with Crippen LogP contribution in [0, 0.1) is 0 Å². The molecule has 0 spiro atoms. The van der Waals surface area contributed by atoms with Crippen molar-refractivity contribution in [2.45, 2.75) is 19.5 Å². The Morgan fingerprint density at radius 2 is 2.10 bits per heavy atom. The number of ether oxygens (including phenoxy) is 1. The predicted octanol–water partition coefficient (Wildman–Crippen LogP) is 2.66. The number of aromatic nitrogens is 2. The molecule has 0 radical (unpaired) electrons. The lowest BCUT2D eigenvalue weighted by atomic mass is 10.1. The van der Waals surface area contributed by atoms with Gasteiger partial charge in [-0.3, -0.25) is 4.68 Å². The second-order valence-corrected chi connectivity index (χ2v) is 5.52. The monoisotopic (exact) mass is 288 g/mol. The lowest BCUT2D eigenvalue weighted by Gasteiger charge is -2.19. The number of methoxy groups -OCH3 is 1. The Morgan fingerprint density at radius 3 is 2.67 bits per heavy atom. The maximum Gasteiger partial charge on any atom is 0.141 e. The third-order valence-electron chi connectivity index (χ3n) is 3.44. The minimum atomic E-state index is 0.154. The molecule has 0 aliphatic rings. The molecule has 2 aromatic rings. The molecule has 2 rings (SSSR count). The van der Waals surface area contributed by atoms with E-state index in [1.54, 1.807) is 7.11 Å². The van der Waals surface area contributed by atoms with Crippen LogP contribution < -0.4 is 10.1 Å². The SMILES string of the molecule is COc1ccc(CN(C)C)cc1NC(C)c1ccnn1C.